The lowest BCUT2D eigenvalue weighted by atomic mass is 10.2. The number of anilines is 1. The number of pyridine rings is 2. The molecule has 0 saturated heterocycles. The molecule has 3 heterocycles. The highest BCUT2D eigenvalue weighted by atomic mass is 16.5. The number of fused-ring (bicyclic) bond motifs is 1. The number of hydrogen-bond donors (Lipinski definition) is 2. The van der Waals surface area contributed by atoms with E-state index in [1.807, 2.05) is 0 Å². The molecule has 2 amide bonds. The summed E-state index contributed by atoms with van der Waals surface area (Å²) >= 11 is 0. The zero-order chi connectivity index (χ0) is 20.8. The molecule has 10 heteroatoms. The second kappa shape index (κ2) is 8.74. The summed E-state index contributed by atoms with van der Waals surface area (Å²) < 4.78 is 5.89. The molecular formula is C19H17N5O5. The molecule has 29 heavy (non-hydrogen) atoms. The lowest BCUT2D eigenvalue weighted by molar-refractivity contribution is -0.141. The highest BCUT2D eigenvalue weighted by molar-refractivity contribution is 6.04. The van der Waals surface area contributed by atoms with E-state index < -0.39 is 23.3 Å². The molecular weight excluding hydrogens is 378 g/mol. The smallest absolute Gasteiger partial charge is 0.325 e. The molecule has 3 aromatic heterocycles. The zero-order valence-electron chi connectivity index (χ0n) is 15.4. The molecule has 2 N–H and O–H groups in total. The lowest BCUT2D eigenvalue weighted by Gasteiger charge is -2.10. The molecule has 0 aliphatic heterocycles. The summed E-state index contributed by atoms with van der Waals surface area (Å²) in [5.74, 6) is -1.68. The quantitative estimate of drug-likeness (QED) is 0.585. The van der Waals surface area contributed by atoms with Crippen LogP contribution in [-0.2, 0) is 9.53 Å². The maximum absolute atomic E-state index is 12.7. The van der Waals surface area contributed by atoms with Crippen molar-refractivity contribution in [2.75, 3.05) is 18.5 Å². The number of nitrogens with one attached hydrogen (secondary N) is 2. The second-order valence-electron chi connectivity index (χ2n) is 5.78. The molecule has 3 rings (SSSR count). The van der Waals surface area contributed by atoms with Gasteiger partial charge >= 0.3 is 5.97 Å². The Balaban J connectivity index is 1.86. The maximum atomic E-state index is 12.7. The average molecular weight is 395 g/mol. The van der Waals surface area contributed by atoms with Crippen molar-refractivity contribution in [1.29, 1.82) is 0 Å². The molecule has 10 nitrogen and oxygen atoms in total. The Labute approximate surface area is 164 Å². The maximum Gasteiger partial charge on any atom is 0.325 e. The van der Waals surface area contributed by atoms with Crippen LogP contribution in [0, 0.1) is 0 Å². The molecule has 0 atom stereocenters. The molecule has 0 aromatic carbocycles. The van der Waals surface area contributed by atoms with Crippen LogP contribution < -0.4 is 16.2 Å². The van der Waals surface area contributed by atoms with E-state index in [1.54, 1.807) is 19.1 Å². The third-order valence-electron chi connectivity index (χ3n) is 3.85. The van der Waals surface area contributed by atoms with Gasteiger partial charge in [0.2, 0.25) is 0 Å². The molecule has 3 aromatic rings. The number of aromatic nitrogens is 3. The molecule has 0 aliphatic carbocycles. The van der Waals surface area contributed by atoms with Crippen molar-refractivity contribution in [3.8, 4) is 0 Å². The van der Waals surface area contributed by atoms with E-state index in [9.17, 15) is 19.2 Å². The first kappa shape index (κ1) is 19.7. The monoisotopic (exact) mass is 395 g/mol. The first-order valence-corrected chi connectivity index (χ1v) is 8.67. The van der Waals surface area contributed by atoms with E-state index >= 15 is 0 Å². The van der Waals surface area contributed by atoms with Gasteiger partial charge in [-0.2, -0.15) is 0 Å². The third kappa shape index (κ3) is 4.43. The molecule has 0 fully saturated rings. The van der Waals surface area contributed by atoms with Crippen LogP contribution in [0.15, 0.2) is 53.8 Å². The molecule has 148 valence electrons. The first-order valence-electron chi connectivity index (χ1n) is 8.67. The fourth-order valence-electron chi connectivity index (χ4n) is 2.52. The van der Waals surface area contributed by atoms with Gasteiger partial charge < -0.3 is 15.4 Å². The van der Waals surface area contributed by atoms with Gasteiger partial charge in [0, 0.05) is 18.6 Å². The zero-order valence-corrected chi connectivity index (χ0v) is 15.4. The van der Waals surface area contributed by atoms with Gasteiger partial charge in [-0.1, -0.05) is 0 Å². The fraction of sp³-hybridized carbons (Fsp3) is 0.158. The minimum absolute atomic E-state index is 0.0552. The van der Waals surface area contributed by atoms with Gasteiger partial charge in [-0.25, -0.2) is 4.98 Å². The Hall–Kier alpha value is -4.08. The van der Waals surface area contributed by atoms with E-state index in [0.717, 1.165) is 4.40 Å². The summed E-state index contributed by atoms with van der Waals surface area (Å²) in [5, 5.41) is 4.90. The Morgan fingerprint density at radius 1 is 1.14 bits per heavy atom. The van der Waals surface area contributed by atoms with Crippen LogP contribution in [0.25, 0.3) is 5.65 Å². The van der Waals surface area contributed by atoms with Crippen LogP contribution >= 0.6 is 0 Å². The number of rotatable bonds is 6. The third-order valence-corrected chi connectivity index (χ3v) is 3.85. The number of carbonyl (C=O) groups excluding carboxylic acids is 3. The molecule has 0 bridgehead atoms. The molecule has 0 spiro atoms. The SMILES string of the molecule is CCOC(=O)CNC(=O)c1cccn2c(=O)c(NC(=O)c3cccnc3)cnc12. The lowest BCUT2D eigenvalue weighted by Crippen LogP contribution is -2.32. The Bertz CT molecular complexity index is 1130. The molecule has 0 aliphatic rings. The van der Waals surface area contributed by atoms with Crippen molar-refractivity contribution >= 4 is 29.1 Å². The molecule has 0 unspecified atom stereocenters. The average Bonchev–Trinajstić information content (AvgIpc) is 2.74. The normalized spacial score (nSPS) is 10.4. The van der Waals surface area contributed by atoms with E-state index in [4.69, 9.17) is 4.74 Å². The fourth-order valence-corrected chi connectivity index (χ4v) is 2.52. The van der Waals surface area contributed by atoms with Gasteiger partial charge in [-0.15, -0.1) is 0 Å². The Kier molecular flexibility index (Phi) is 5.93. The van der Waals surface area contributed by atoms with Crippen molar-refractivity contribution in [2.45, 2.75) is 6.92 Å². The molecule has 0 saturated carbocycles. The van der Waals surface area contributed by atoms with Crippen LogP contribution in [0.2, 0.25) is 0 Å². The van der Waals surface area contributed by atoms with Gasteiger partial charge in [0.15, 0.2) is 5.65 Å². The number of amides is 2. The minimum Gasteiger partial charge on any atom is -0.465 e. The van der Waals surface area contributed by atoms with E-state index in [2.05, 4.69) is 20.6 Å². The number of ether oxygens (including phenoxy) is 1. The van der Waals surface area contributed by atoms with Crippen molar-refractivity contribution in [3.05, 3.63) is 70.5 Å². The van der Waals surface area contributed by atoms with Crippen LogP contribution in [0.5, 0.6) is 0 Å². The first-order chi connectivity index (χ1) is 14.0. The number of carbonyl (C=O) groups is 3. The number of hydrogen-bond acceptors (Lipinski definition) is 7. The topological polar surface area (TPSA) is 132 Å². The van der Waals surface area contributed by atoms with Gasteiger partial charge in [0.1, 0.15) is 12.2 Å². The van der Waals surface area contributed by atoms with Crippen LogP contribution in [0.3, 0.4) is 0 Å². The second-order valence-corrected chi connectivity index (χ2v) is 5.78. The van der Waals surface area contributed by atoms with Crippen molar-refractivity contribution < 1.29 is 19.1 Å². The van der Waals surface area contributed by atoms with Gasteiger partial charge in [0.05, 0.1) is 23.9 Å². The minimum atomic E-state index is -0.588. The predicted octanol–water partition coefficient (Wildman–Crippen LogP) is 0.635. The van der Waals surface area contributed by atoms with E-state index in [1.165, 1.54) is 36.9 Å². The van der Waals surface area contributed by atoms with E-state index in [0.29, 0.717) is 0 Å². The summed E-state index contributed by atoms with van der Waals surface area (Å²) in [7, 11) is 0. The highest BCUT2D eigenvalue weighted by Crippen LogP contribution is 2.09. The largest absolute Gasteiger partial charge is 0.465 e. The van der Waals surface area contributed by atoms with Crippen LogP contribution in [0.1, 0.15) is 27.6 Å². The van der Waals surface area contributed by atoms with Crippen molar-refractivity contribution in [3.63, 3.8) is 0 Å². The van der Waals surface area contributed by atoms with Crippen molar-refractivity contribution in [2.24, 2.45) is 0 Å². The number of nitrogens with zero attached hydrogens (tertiary/aromatic N) is 3. The summed E-state index contributed by atoms with van der Waals surface area (Å²) in [6.07, 6.45) is 5.49. The standard InChI is InChI=1S/C19H17N5O5/c1-2-29-15(25)11-22-18(27)13-6-4-8-24-16(13)21-10-14(19(24)28)23-17(26)12-5-3-7-20-9-12/h3-10H,2,11H2,1H3,(H,22,27)(H,23,26). The van der Waals surface area contributed by atoms with Gasteiger partial charge in [-0.05, 0) is 31.2 Å². The predicted molar refractivity (Wildman–Crippen MR) is 103 cm³/mol. The summed E-state index contributed by atoms with van der Waals surface area (Å²) in [6, 6.07) is 6.11. The van der Waals surface area contributed by atoms with Gasteiger partial charge in [-0.3, -0.25) is 28.6 Å². The number of esters is 1. The van der Waals surface area contributed by atoms with Crippen molar-refractivity contribution in [1.82, 2.24) is 19.7 Å². The summed E-state index contributed by atoms with van der Waals surface area (Å²) in [4.78, 5) is 56.7. The van der Waals surface area contributed by atoms with Gasteiger partial charge in [0.25, 0.3) is 17.4 Å². The summed E-state index contributed by atoms with van der Waals surface area (Å²) in [6.45, 7) is 1.55. The van der Waals surface area contributed by atoms with Crippen LogP contribution in [0.4, 0.5) is 5.69 Å². The molecule has 0 radical (unpaired) electrons. The van der Waals surface area contributed by atoms with Crippen LogP contribution in [-0.4, -0.2) is 45.3 Å². The summed E-state index contributed by atoms with van der Waals surface area (Å²) in [5.41, 5.74) is -0.158. The highest BCUT2D eigenvalue weighted by Gasteiger charge is 2.16. The Morgan fingerprint density at radius 3 is 2.69 bits per heavy atom. The van der Waals surface area contributed by atoms with E-state index in [-0.39, 0.29) is 35.6 Å². The Morgan fingerprint density at radius 2 is 1.97 bits per heavy atom.